The lowest BCUT2D eigenvalue weighted by atomic mass is 10.6. The summed E-state index contributed by atoms with van der Waals surface area (Å²) in [5.74, 6) is 0.587. The van der Waals surface area contributed by atoms with Gasteiger partial charge in [-0.1, -0.05) is 0 Å². The van der Waals surface area contributed by atoms with Crippen molar-refractivity contribution in [2.24, 2.45) is 0 Å². The molecule has 0 amide bonds. The van der Waals surface area contributed by atoms with E-state index in [-0.39, 0.29) is 0 Å². The smallest absolute Gasteiger partial charge is 0.234 e. The van der Waals surface area contributed by atoms with Crippen molar-refractivity contribution in [2.75, 3.05) is 7.11 Å². The minimum Gasteiger partial charge on any atom is -0.480 e. The average molecular weight is 149 g/mol. The number of methoxy groups -OCH3 is 1. The highest BCUT2D eigenvalue weighted by molar-refractivity contribution is 5.38. The van der Waals surface area contributed by atoms with Crippen LogP contribution in [0, 0.1) is 0 Å². The van der Waals surface area contributed by atoms with Crippen molar-refractivity contribution < 1.29 is 4.74 Å². The zero-order valence-corrected chi connectivity index (χ0v) is 6.06. The highest BCUT2D eigenvalue weighted by atomic mass is 16.5. The van der Waals surface area contributed by atoms with Crippen LogP contribution in [0.5, 0.6) is 5.88 Å². The number of nitrogens with zero attached hydrogens (tertiary/aromatic N) is 3. The Kier molecular flexibility index (Phi) is 1.25. The van der Waals surface area contributed by atoms with E-state index in [9.17, 15) is 0 Å². The van der Waals surface area contributed by atoms with Crippen molar-refractivity contribution in [3.8, 4) is 5.88 Å². The van der Waals surface area contributed by atoms with Gasteiger partial charge in [-0.2, -0.15) is 10.1 Å². The van der Waals surface area contributed by atoms with Gasteiger partial charge in [-0.25, -0.2) is 4.52 Å². The van der Waals surface area contributed by atoms with Crippen LogP contribution >= 0.6 is 0 Å². The predicted molar refractivity (Wildman–Crippen MR) is 39.5 cm³/mol. The Hall–Kier alpha value is -1.58. The summed E-state index contributed by atoms with van der Waals surface area (Å²) in [6, 6.07) is 3.71. The van der Waals surface area contributed by atoms with Crippen LogP contribution in [0.3, 0.4) is 0 Å². The first-order valence-corrected chi connectivity index (χ1v) is 3.24. The summed E-state index contributed by atoms with van der Waals surface area (Å²) in [7, 11) is 1.59. The Balaban J connectivity index is 2.69. The van der Waals surface area contributed by atoms with E-state index in [1.165, 1.54) is 0 Å². The first-order chi connectivity index (χ1) is 5.40. The summed E-state index contributed by atoms with van der Waals surface area (Å²) in [5.41, 5.74) is 0.796. The molecule has 0 aliphatic heterocycles. The van der Waals surface area contributed by atoms with Gasteiger partial charge in [-0.05, 0) is 12.1 Å². The van der Waals surface area contributed by atoms with Gasteiger partial charge in [0, 0.05) is 6.20 Å². The maximum Gasteiger partial charge on any atom is 0.234 e. The Morgan fingerprint density at radius 1 is 1.55 bits per heavy atom. The summed E-state index contributed by atoms with van der Waals surface area (Å²) >= 11 is 0. The van der Waals surface area contributed by atoms with Crippen molar-refractivity contribution in [2.45, 2.75) is 0 Å². The quantitative estimate of drug-likeness (QED) is 0.600. The van der Waals surface area contributed by atoms with Crippen molar-refractivity contribution >= 4 is 5.65 Å². The zero-order valence-electron chi connectivity index (χ0n) is 6.06. The molecule has 0 atom stereocenters. The monoisotopic (exact) mass is 149 g/mol. The molecule has 2 aromatic rings. The van der Waals surface area contributed by atoms with E-state index in [1.807, 2.05) is 12.1 Å². The van der Waals surface area contributed by atoms with Crippen LogP contribution < -0.4 is 4.74 Å². The fourth-order valence-electron chi connectivity index (χ4n) is 0.908. The van der Waals surface area contributed by atoms with E-state index in [1.54, 1.807) is 24.0 Å². The second kappa shape index (κ2) is 2.23. The van der Waals surface area contributed by atoms with Gasteiger partial charge in [-0.3, -0.25) is 0 Å². The molecule has 0 spiro atoms. The van der Waals surface area contributed by atoms with Gasteiger partial charge in [0.25, 0.3) is 0 Å². The lowest BCUT2D eigenvalue weighted by Crippen LogP contribution is -1.85. The fraction of sp³-hybridized carbons (Fsp3) is 0.143. The highest BCUT2D eigenvalue weighted by Crippen LogP contribution is 2.08. The molecule has 11 heavy (non-hydrogen) atoms. The van der Waals surface area contributed by atoms with Gasteiger partial charge in [0.05, 0.1) is 13.3 Å². The molecule has 0 fully saturated rings. The maximum atomic E-state index is 4.93. The van der Waals surface area contributed by atoms with E-state index < -0.39 is 0 Å². The predicted octanol–water partition coefficient (Wildman–Crippen LogP) is 0.738. The third kappa shape index (κ3) is 0.920. The summed E-state index contributed by atoms with van der Waals surface area (Å²) in [6.07, 6.45) is 3.43. The van der Waals surface area contributed by atoms with E-state index in [2.05, 4.69) is 10.1 Å². The molecule has 0 saturated carbocycles. The van der Waals surface area contributed by atoms with Gasteiger partial charge in [-0.15, -0.1) is 0 Å². The van der Waals surface area contributed by atoms with E-state index in [0.717, 1.165) is 5.65 Å². The van der Waals surface area contributed by atoms with Gasteiger partial charge in [0.15, 0.2) is 5.65 Å². The molecule has 0 aliphatic carbocycles. The van der Waals surface area contributed by atoms with Crippen LogP contribution in [0.2, 0.25) is 0 Å². The lowest BCUT2D eigenvalue weighted by Gasteiger charge is -1.85. The molecular formula is C7H7N3O. The van der Waals surface area contributed by atoms with Crippen LogP contribution in [-0.4, -0.2) is 21.7 Å². The first kappa shape index (κ1) is 6.15. The number of imidazole rings is 1. The summed E-state index contributed by atoms with van der Waals surface area (Å²) in [6.45, 7) is 0. The second-order valence-electron chi connectivity index (χ2n) is 2.11. The third-order valence-electron chi connectivity index (χ3n) is 1.42. The van der Waals surface area contributed by atoms with E-state index >= 15 is 0 Å². The van der Waals surface area contributed by atoms with E-state index in [0.29, 0.717) is 5.88 Å². The van der Waals surface area contributed by atoms with Crippen LogP contribution in [-0.2, 0) is 0 Å². The highest BCUT2D eigenvalue weighted by Gasteiger charge is 1.98. The SMILES string of the molecule is COc1cn2ncccc2n1. The molecule has 0 aliphatic rings. The molecule has 2 heterocycles. The number of hydrogen-bond acceptors (Lipinski definition) is 3. The van der Waals surface area contributed by atoms with Crippen LogP contribution in [0.25, 0.3) is 5.65 Å². The van der Waals surface area contributed by atoms with Crippen LogP contribution in [0.4, 0.5) is 0 Å². The van der Waals surface area contributed by atoms with E-state index in [4.69, 9.17) is 4.74 Å². The summed E-state index contributed by atoms with van der Waals surface area (Å²) in [4.78, 5) is 4.11. The van der Waals surface area contributed by atoms with Crippen LogP contribution in [0.1, 0.15) is 0 Å². The maximum absolute atomic E-state index is 4.93. The minimum absolute atomic E-state index is 0.587. The second-order valence-corrected chi connectivity index (χ2v) is 2.11. The number of ether oxygens (including phenoxy) is 1. The van der Waals surface area contributed by atoms with Gasteiger partial charge in [0.1, 0.15) is 0 Å². The first-order valence-electron chi connectivity index (χ1n) is 3.24. The van der Waals surface area contributed by atoms with Crippen molar-refractivity contribution in [1.29, 1.82) is 0 Å². The van der Waals surface area contributed by atoms with Crippen molar-refractivity contribution in [3.05, 3.63) is 24.5 Å². The zero-order chi connectivity index (χ0) is 7.68. The Labute approximate surface area is 63.4 Å². The molecule has 0 N–H and O–H groups in total. The number of aromatic nitrogens is 3. The van der Waals surface area contributed by atoms with Crippen LogP contribution in [0.15, 0.2) is 24.5 Å². The topological polar surface area (TPSA) is 39.4 Å². The Morgan fingerprint density at radius 2 is 2.45 bits per heavy atom. The third-order valence-corrected chi connectivity index (χ3v) is 1.42. The standard InChI is InChI=1S/C7H7N3O/c1-11-7-5-10-6(9-7)3-2-4-8-10/h2-5H,1H3. The molecule has 0 saturated heterocycles. The number of fused-ring (bicyclic) bond motifs is 1. The molecule has 0 radical (unpaired) electrons. The van der Waals surface area contributed by atoms with Gasteiger partial charge in [0.2, 0.25) is 5.88 Å². The molecule has 2 rings (SSSR count). The Morgan fingerprint density at radius 3 is 3.18 bits per heavy atom. The molecule has 0 aromatic carbocycles. The molecular weight excluding hydrogens is 142 g/mol. The minimum atomic E-state index is 0.587. The number of rotatable bonds is 1. The Bertz CT molecular complexity index is 335. The van der Waals surface area contributed by atoms with Crippen molar-refractivity contribution in [1.82, 2.24) is 14.6 Å². The largest absolute Gasteiger partial charge is 0.480 e. The molecule has 4 nitrogen and oxygen atoms in total. The molecule has 4 heteroatoms. The molecule has 0 unspecified atom stereocenters. The molecule has 0 bridgehead atoms. The lowest BCUT2D eigenvalue weighted by molar-refractivity contribution is 0.400. The van der Waals surface area contributed by atoms with Gasteiger partial charge >= 0.3 is 0 Å². The van der Waals surface area contributed by atoms with Crippen molar-refractivity contribution in [3.63, 3.8) is 0 Å². The fourth-order valence-corrected chi connectivity index (χ4v) is 0.908. The van der Waals surface area contributed by atoms with Gasteiger partial charge < -0.3 is 4.74 Å². The summed E-state index contributed by atoms with van der Waals surface area (Å²) in [5, 5.41) is 4.02. The average Bonchev–Trinajstić information content (AvgIpc) is 2.46. The molecule has 2 aromatic heterocycles. The normalized spacial score (nSPS) is 10.3. The number of hydrogen-bond donors (Lipinski definition) is 0. The summed E-state index contributed by atoms with van der Waals surface area (Å²) < 4.78 is 6.59. The molecule has 56 valence electrons.